The number of phenolic OH excluding ortho intramolecular Hbond substituents is 1. The van der Waals surface area contributed by atoms with E-state index in [1.54, 1.807) is 34.9 Å². The highest BCUT2D eigenvalue weighted by Crippen LogP contribution is 2.23. The fraction of sp³-hybridized carbons (Fsp3) is 0.143. The fourth-order valence-corrected chi connectivity index (χ4v) is 3.22. The summed E-state index contributed by atoms with van der Waals surface area (Å²) in [5.74, 6) is 0.965. The molecule has 3 aromatic rings. The predicted molar refractivity (Wildman–Crippen MR) is 87.5 cm³/mol. The van der Waals surface area contributed by atoms with Crippen molar-refractivity contribution in [3.63, 3.8) is 0 Å². The van der Waals surface area contributed by atoms with Crippen molar-refractivity contribution >= 4 is 38.7 Å². The Morgan fingerprint density at radius 3 is 2.76 bits per heavy atom. The van der Waals surface area contributed by atoms with Crippen molar-refractivity contribution < 1.29 is 5.11 Å². The van der Waals surface area contributed by atoms with Crippen LogP contribution in [0.15, 0.2) is 44.9 Å². The maximum Gasteiger partial charge on any atom is 0.268 e. The molecule has 0 aliphatic rings. The van der Waals surface area contributed by atoms with Crippen LogP contribution in [0.4, 0.5) is 0 Å². The number of hydrogen-bond acceptors (Lipinski definition) is 4. The standard InChI is InChI=1S/C14H12BrN3O2S/c1-2-21-14-17-12-10(7-11(15)16-12)13(20)18(14)8-3-5-9(19)6-4-8/h3-7,16,19H,2H2,1H3. The second-order valence-corrected chi connectivity index (χ2v) is 6.45. The molecule has 0 fully saturated rings. The van der Waals surface area contributed by atoms with Crippen molar-refractivity contribution in [3.8, 4) is 11.4 Å². The quantitative estimate of drug-likeness (QED) is 0.551. The summed E-state index contributed by atoms with van der Waals surface area (Å²) in [5, 5.41) is 10.5. The Bertz CT molecular complexity index is 855. The van der Waals surface area contributed by atoms with E-state index in [1.165, 1.54) is 11.8 Å². The summed E-state index contributed by atoms with van der Waals surface area (Å²) in [5.41, 5.74) is 1.11. The highest BCUT2D eigenvalue weighted by molar-refractivity contribution is 9.10. The molecule has 2 aromatic heterocycles. The van der Waals surface area contributed by atoms with E-state index in [9.17, 15) is 9.90 Å². The topological polar surface area (TPSA) is 70.9 Å². The lowest BCUT2D eigenvalue weighted by Crippen LogP contribution is -2.21. The van der Waals surface area contributed by atoms with Crippen LogP contribution in [0.1, 0.15) is 6.92 Å². The first kappa shape index (κ1) is 14.2. The van der Waals surface area contributed by atoms with E-state index in [4.69, 9.17) is 0 Å². The smallest absolute Gasteiger partial charge is 0.268 e. The van der Waals surface area contributed by atoms with E-state index in [1.807, 2.05) is 6.92 Å². The van der Waals surface area contributed by atoms with Crippen molar-refractivity contribution in [2.45, 2.75) is 12.1 Å². The number of hydrogen-bond donors (Lipinski definition) is 2. The SMILES string of the molecule is CCSc1nc2[nH]c(Br)cc2c(=O)n1-c1ccc(O)cc1. The molecule has 3 rings (SSSR count). The Labute approximate surface area is 133 Å². The van der Waals surface area contributed by atoms with E-state index in [2.05, 4.69) is 25.9 Å². The Kier molecular flexibility index (Phi) is 3.77. The lowest BCUT2D eigenvalue weighted by molar-refractivity contribution is 0.475. The zero-order valence-corrected chi connectivity index (χ0v) is 13.5. The molecule has 2 heterocycles. The van der Waals surface area contributed by atoms with Gasteiger partial charge in [-0.2, -0.15) is 0 Å². The van der Waals surface area contributed by atoms with Crippen LogP contribution in [0.25, 0.3) is 16.7 Å². The van der Waals surface area contributed by atoms with Gasteiger partial charge in [0.2, 0.25) is 0 Å². The third-order valence-corrected chi connectivity index (χ3v) is 4.23. The molecule has 0 spiro atoms. The molecule has 0 saturated carbocycles. The van der Waals surface area contributed by atoms with Crippen molar-refractivity contribution in [2.24, 2.45) is 0 Å². The second-order valence-electron chi connectivity index (χ2n) is 4.36. The summed E-state index contributed by atoms with van der Waals surface area (Å²) in [6.45, 7) is 2.01. The predicted octanol–water partition coefficient (Wildman–Crippen LogP) is 3.29. The molecule has 0 aliphatic heterocycles. The van der Waals surface area contributed by atoms with E-state index >= 15 is 0 Å². The largest absolute Gasteiger partial charge is 0.508 e. The third kappa shape index (κ3) is 2.58. The number of fused-ring (bicyclic) bond motifs is 1. The minimum absolute atomic E-state index is 0.136. The van der Waals surface area contributed by atoms with Crippen LogP contribution in [0.2, 0.25) is 0 Å². The number of nitrogens with one attached hydrogen (secondary N) is 1. The van der Waals surface area contributed by atoms with Gasteiger partial charge in [-0.1, -0.05) is 18.7 Å². The summed E-state index contributed by atoms with van der Waals surface area (Å²) >= 11 is 4.82. The Hall–Kier alpha value is -1.73. The lowest BCUT2D eigenvalue weighted by Gasteiger charge is -2.11. The highest BCUT2D eigenvalue weighted by atomic mass is 79.9. The van der Waals surface area contributed by atoms with Gasteiger partial charge in [-0.3, -0.25) is 9.36 Å². The van der Waals surface area contributed by atoms with Gasteiger partial charge in [0.05, 0.1) is 15.7 Å². The normalized spacial score (nSPS) is 11.1. The molecule has 0 atom stereocenters. The van der Waals surface area contributed by atoms with Gasteiger partial charge in [-0.25, -0.2) is 4.98 Å². The number of benzene rings is 1. The monoisotopic (exact) mass is 365 g/mol. The summed E-state index contributed by atoms with van der Waals surface area (Å²) in [6.07, 6.45) is 0. The van der Waals surface area contributed by atoms with Crippen molar-refractivity contribution in [1.82, 2.24) is 14.5 Å². The minimum Gasteiger partial charge on any atom is -0.508 e. The number of halogens is 1. The van der Waals surface area contributed by atoms with E-state index in [-0.39, 0.29) is 11.3 Å². The van der Waals surface area contributed by atoms with Gasteiger partial charge < -0.3 is 10.1 Å². The number of aromatic amines is 1. The van der Waals surface area contributed by atoms with Gasteiger partial charge in [0, 0.05) is 0 Å². The van der Waals surface area contributed by atoms with Crippen LogP contribution in [-0.4, -0.2) is 25.4 Å². The Balaban J connectivity index is 2.32. The van der Waals surface area contributed by atoms with Crippen LogP contribution >= 0.6 is 27.7 Å². The molecule has 0 unspecified atom stereocenters. The zero-order chi connectivity index (χ0) is 15.0. The summed E-state index contributed by atoms with van der Waals surface area (Å²) < 4.78 is 2.29. The molecule has 2 N–H and O–H groups in total. The molecule has 0 radical (unpaired) electrons. The number of H-pyrrole nitrogens is 1. The molecule has 0 amide bonds. The number of thioether (sulfide) groups is 1. The first-order valence-electron chi connectivity index (χ1n) is 6.33. The minimum atomic E-state index is -0.136. The van der Waals surface area contributed by atoms with Gasteiger partial charge in [0.1, 0.15) is 11.4 Å². The summed E-state index contributed by atoms with van der Waals surface area (Å²) in [4.78, 5) is 20.3. The molecule has 1 aromatic carbocycles. The van der Waals surface area contributed by atoms with Crippen molar-refractivity contribution in [2.75, 3.05) is 5.75 Å². The van der Waals surface area contributed by atoms with Crippen molar-refractivity contribution in [1.29, 1.82) is 0 Å². The summed E-state index contributed by atoms with van der Waals surface area (Å²) in [7, 11) is 0. The average molecular weight is 366 g/mol. The number of nitrogens with zero attached hydrogens (tertiary/aromatic N) is 2. The third-order valence-electron chi connectivity index (χ3n) is 2.98. The molecular weight excluding hydrogens is 354 g/mol. The Morgan fingerprint density at radius 1 is 1.38 bits per heavy atom. The van der Waals surface area contributed by atoms with Gasteiger partial charge >= 0.3 is 0 Å². The number of phenols is 1. The fourth-order valence-electron chi connectivity index (χ4n) is 2.07. The molecular formula is C14H12BrN3O2S. The average Bonchev–Trinajstić information content (AvgIpc) is 2.82. The van der Waals surface area contributed by atoms with Gasteiger partial charge in [0.25, 0.3) is 5.56 Å². The molecule has 7 heteroatoms. The van der Waals surface area contributed by atoms with Crippen LogP contribution in [0.5, 0.6) is 5.75 Å². The first-order valence-corrected chi connectivity index (χ1v) is 8.11. The summed E-state index contributed by atoms with van der Waals surface area (Å²) in [6, 6.07) is 8.23. The van der Waals surface area contributed by atoms with Crippen LogP contribution in [0.3, 0.4) is 0 Å². The second kappa shape index (κ2) is 5.57. The van der Waals surface area contributed by atoms with Crippen LogP contribution < -0.4 is 5.56 Å². The number of aromatic hydroxyl groups is 1. The van der Waals surface area contributed by atoms with Crippen molar-refractivity contribution in [3.05, 3.63) is 45.3 Å². The zero-order valence-electron chi connectivity index (χ0n) is 11.1. The number of aromatic nitrogens is 3. The molecule has 108 valence electrons. The molecule has 5 nitrogen and oxygen atoms in total. The highest BCUT2D eigenvalue weighted by Gasteiger charge is 2.14. The van der Waals surface area contributed by atoms with E-state index in [0.717, 1.165) is 10.4 Å². The maximum atomic E-state index is 12.7. The van der Waals surface area contributed by atoms with Gasteiger partial charge in [-0.05, 0) is 52.0 Å². The molecule has 0 saturated heterocycles. The van der Waals surface area contributed by atoms with Gasteiger partial charge in [-0.15, -0.1) is 0 Å². The Morgan fingerprint density at radius 2 is 2.10 bits per heavy atom. The lowest BCUT2D eigenvalue weighted by atomic mass is 10.3. The maximum absolute atomic E-state index is 12.7. The van der Waals surface area contributed by atoms with Crippen LogP contribution in [0, 0.1) is 0 Å². The van der Waals surface area contributed by atoms with Crippen LogP contribution in [-0.2, 0) is 0 Å². The molecule has 0 aliphatic carbocycles. The van der Waals surface area contributed by atoms with E-state index < -0.39 is 0 Å². The number of rotatable bonds is 3. The first-order chi connectivity index (χ1) is 10.1. The molecule has 0 bridgehead atoms. The van der Waals surface area contributed by atoms with E-state index in [0.29, 0.717) is 21.9 Å². The van der Waals surface area contributed by atoms with Gasteiger partial charge in [0.15, 0.2) is 5.16 Å². The molecule has 21 heavy (non-hydrogen) atoms.